The highest BCUT2D eigenvalue weighted by Gasteiger charge is 1.94. The Labute approximate surface area is 43.7 Å². The van der Waals surface area contributed by atoms with Crippen LogP contribution in [-0.2, 0) is 4.79 Å². The van der Waals surface area contributed by atoms with Crippen molar-refractivity contribution in [3.8, 4) is 0 Å². The van der Waals surface area contributed by atoms with Crippen molar-refractivity contribution in [1.29, 1.82) is 0 Å². The molecule has 1 unspecified atom stereocenters. The summed E-state index contributed by atoms with van der Waals surface area (Å²) in [7, 11) is 0. The summed E-state index contributed by atoms with van der Waals surface area (Å²) in [4.78, 5) is 9.71. The highest BCUT2D eigenvalue weighted by molar-refractivity contribution is 5.56. The van der Waals surface area contributed by atoms with E-state index in [0.717, 1.165) is 6.42 Å². The predicted molar refractivity (Wildman–Crippen MR) is 27.9 cm³/mol. The lowest BCUT2D eigenvalue weighted by Crippen LogP contribution is -2.08. The van der Waals surface area contributed by atoms with Crippen LogP contribution in [0.15, 0.2) is 0 Å². The van der Waals surface area contributed by atoms with Crippen molar-refractivity contribution in [3.63, 3.8) is 0 Å². The first-order chi connectivity index (χ1) is 3.31. The van der Waals surface area contributed by atoms with Gasteiger partial charge in [-0.1, -0.05) is 13.3 Å². The average Bonchev–Trinajstić information content (AvgIpc) is 1.68. The molecule has 2 nitrogen and oxygen atoms in total. The molecule has 0 aliphatic heterocycles. The zero-order chi connectivity index (χ0) is 5.70. The highest BCUT2D eigenvalue weighted by atomic mass is 16.1. The molecule has 0 fully saturated rings. The smallest absolute Gasteiger partial charge is 0.138 e. The zero-order valence-corrected chi connectivity index (χ0v) is 4.48. The minimum Gasteiger partial charge on any atom is -0.302 e. The number of rotatable bonds is 3. The largest absolute Gasteiger partial charge is 0.302 e. The van der Waals surface area contributed by atoms with Crippen LogP contribution < -0.4 is 5.73 Å². The van der Waals surface area contributed by atoms with E-state index in [9.17, 15) is 4.79 Å². The van der Waals surface area contributed by atoms with Gasteiger partial charge in [-0.2, -0.15) is 0 Å². The number of hydrogen-bond donors (Lipinski definition) is 0. The summed E-state index contributed by atoms with van der Waals surface area (Å²) in [5, 5.41) is 0. The third-order valence-corrected chi connectivity index (χ3v) is 0.764. The fourth-order valence-corrected chi connectivity index (χ4v) is 0.379. The topological polar surface area (TPSA) is 40.9 Å². The Kier molecular flexibility index (Phi) is 3.61. The number of carbonyl (C=O) groups excluding carboxylic acids is 1. The monoisotopic (exact) mass is 100 g/mol. The average molecular weight is 100 g/mol. The van der Waals surface area contributed by atoms with Crippen LogP contribution in [-0.4, -0.2) is 12.3 Å². The fourth-order valence-electron chi connectivity index (χ4n) is 0.379. The lowest BCUT2D eigenvalue weighted by Gasteiger charge is -1.94. The zero-order valence-electron chi connectivity index (χ0n) is 4.48. The first kappa shape index (κ1) is 6.63. The van der Waals surface area contributed by atoms with Gasteiger partial charge in [0.1, 0.15) is 6.29 Å². The molecule has 0 heterocycles. The van der Waals surface area contributed by atoms with Gasteiger partial charge in [-0.05, 0) is 6.42 Å². The molecule has 41 valence electrons. The van der Waals surface area contributed by atoms with Crippen LogP contribution in [0.5, 0.6) is 0 Å². The van der Waals surface area contributed by atoms with Gasteiger partial charge in [-0.15, -0.1) is 0 Å². The van der Waals surface area contributed by atoms with Gasteiger partial charge in [-0.3, -0.25) is 0 Å². The minimum atomic E-state index is -0.481. The molecule has 7 heavy (non-hydrogen) atoms. The molecule has 1 radical (unpaired) electrons. The summed E-state index contributed by atoms with van der Waals surface area (Å²) in [6.45, 7) is 1.96. The molecule has 0 saturated carbocycles. The Morgan fingerprint density at radius 1 is 1.86 bits per heavy atom. The summed E-state index contributed by atoms with van der Waals surface area (Å²) in [5.74, 6) is 0. The second kappa shape index (κ2) is 3.81. The van der Waals surface area contributed by atoms with Crippen LogP contribution in [0.25, 0.3) is 0 Å². The molecule has 0 spiro atoms. The van der Waals surface area contributed by atoms with Crippen LogP contribution in [0.4, 0.5) is 0 Å². The van der Waals surface area contributed by atoms with Crippen molar-refractivity contribution in [2.45, 2.75) is 25.8 Å². The number of hydrogen-bond acceptors (Lipinski definition) is 1. The van der Waals surface area contributed by atoms with E-state index in [1.54, 1.807) is 0 Å². The summed E-state index contributed by atoms with van der Waals surface area (Å²) < 4.78 is 0. The van der Waals surface area contributed by atoms with Crippen molar-refractivity contribution in [1.82, 2.24) is 5.73 Å². The summed E-state index contributed by atoms with van der Waals surface area (Å²) >= 11 is 0. The quantitative estimate of drug-likeness (QED) is 0.480. The second-order valence-corrected chi connectivity index (χ2v) is 1.53. The van der Waals surface area contributed by atoms with Gasteiger partial charge >= 0.3 is 0 Å². The van der Waals surface area contributed by atoms with E-state index in [0.29, 0.717) is 12.7 Å². The molecule has 0 bridgehead atoms. The summed E-state index contributed by atoms with van der Waals surface area (Å²) in [6.07, 6.45) is 2.29. The maximum Gasteiger partial charge on any atom is 0.138 e. The maximum atomic E-state index is 9.71. The molecule has 1 atom stereocenters. The summed E-state index contributed by atoms with van der Waals surface area (Å²) in [5.41, 5.74) is 6.85. The maximum absolute atomic E-state index is 9.71. The van der Waals surface area contributed by atoms with Crippen molar-refractivity contribution >= 4 is 6.29 Å². The highest BCUT2D eigenvalue weighted by Crippen LogP contribution is 1.88. The standard InChI is InChI=1S/C5H10NO/c1-2-3-5(6)4-7/h4-6H,2-3H2,1H3. The molecule has 0 aromatic heterocycles. The van der Waals surface area contributed by atoms with Gasteiger partial charge in [0.2, 0.25) is 0 Å². The fraction of sp³-hybridized carbons (Fsp3) is 0.800. The number of carbonyl (C=O) groups is 1. The minimum absolute atomic E-state index is 0.481. The lowest BCUT2D eigenvalue weighted by atomic mass is 10.2. The van der Waals surface area contributed by atoms with Gasteiger partial charge in [-0.25, -0.2) is 5.73 Å². The molecule has 0 aromatic carbocycles. The molecule has 0 aliphatic carbocycles. The molecular formula is C5H10NO. The van der Waals surface area contributed by atoms with Gasteiger partial charge in [0.05, 0.1) is 6.04 Å². The Morgan fingerprint density at radius 3 is 2.57 bits per heavy atom. The van der Waals surface area contributed by atoms with Gasteiger partial charge in [0, 0.05) is 0 Å². The van der Waals surface area contributed by atoms with Gasteiger partial charge in [0.25, 0.3) is 0 Å². The van der Waals surface area contributed by atoms with Crippen molar-refractivity contribution in [3.05, 3.63) is 0 Å². The molecule has 2 heteroatoms. The van der Waals surface area contributed by atoms with Crippen molar-refractivity contribution < 1.29 is 4.79 Å². The van der Waals surface area contributed by atoms with E-state index in [1.165, 1.54) is 0 Å². The van der Waals surface area contributed by atoms with Crippen LogP contribution >= 0.6 is 0 Å². The Balaban J connectivity index is 2.98. The lowest BCUT2D eigenvalue weighted by molar-refractivity contribution is -0.109. The molecule has 0 aromatic rings. The molecular weight excluding hydrogens is 90.1 g/mol. The molecule has 0 saturated heterocycles. The Morgan fingerprint density at radius 2 is 2.43 bits per heavy atom. The molecule has 0 aliphatic rings. The van der Waals surface area contributed by atoms with Crippen LogP contribution in [0, 0.1) is 0 Å². The predicted octanol–water partition coefficient (Wildman–Crippen LogP) is 0.637. The van der Waals surface area contributed by atoms with Crippen LogP contribution in [0.3, 0.4) is 0 Å². The Hall–Kier alpha value is -0.370. The second-order valence-electron chi connectivity index (χ2n) is 1.53. The van der Waals surface area contributed by atoms with E-state index < -0.39 is 6.04 Å². The molecule has 1 N–H and O–H groups in total. The van der Waals surface area contributed by atoms with Crippen LogP contribution in [0.1, 0.15) is 19.8 Å². The van der Waals surface area contributed by atoms with E-state index in [1.807, 2.05) is 6.92 Å². The van der Waals surface area contributed by atoms with Crippen LogP contribution in [0.2, 0.25) is 0 Å². The first-order valence-electron chi connectivity index (χ1n) is 2.47. The van der Waals surface area contributed by atoms with E-state index >= 15 is 0 Å². The van der Waals surface area contributed by atoms with E-state index in [-0.39, 0.29) is 0 Å². The van der Waals surface area contributed by atoms with E-state index in [4.69, 9.17) is 5.73 Å². The van der Waals surface area contributed by atoms with Gasteiger partial charge in [0.15, 0.2) is 0 Å². The van der Waals surface area contributed by atoms with Crippen molar-refractivity contribution in [2.75, 3.05) is 0 Å². The normalized spacial score (nSPS) is 13.4. The van der Waals surface area contributed by atoms with Gasteiger partial charge < -0.3 is 4.79 Å². The van der Waals surface area contributed by atoms with E-state index in [2.05, 4.69) is 0 Å². The summed E-state index contributed by atoms with van der Waals surface area (Å²) in [6, 6.07) is -0.481. The Bertz CT molecular complexity index is 54.0. The number of aldehydes is 1. The first-order valence-corrected chi connectivity index (χ1v) is 2.47. The number of nitrogens with one attached hydrogen (secondary N) is 1. The van der Waals surface area contributed by atoms with Crippen molar-refractivity contribution in [2.24, 2.45) is 0 Å². The molecule has 0 rings (SSSR count). The molecule has 0 amide bonds. The SMILES string of the molecule is CCCC([NH])C=O. The third kappa shape index (κ3) is 3.46. The third-order valence-electron chi connectivity index (χ3n) is 0.764.